The molecule has 6 nitrogen and oxygen atoms in total. The van der Waals surface area contributed by atoms with Crippen LogP contribution in [0.15, 0.2) is 66.7 Å². The molecule has 0 bridgehead atoms. The van der Waals surface area contributed by atoms with Crippen molar-refractivity contribution in [2.75, 3.05) is 0 Å². The van der Waals surface area contributed by atoms with E-state index in [1.54, 1.807) is 44.2 Å². The van der Waals surface area contributed by atoms with Gasteiger partial charge in [-0.3, -0.25) is 4.79 Å². The highest BCUT2D eigenvalue weighted by molar-refractivity contribution is 5.83. The van der Waals surface area contributed by atoms with E-state index >= 15 is 0 Å². The summed E-state index contributed by atoms with van der Waals surface area (Å²) < 4.78 is 16.4. The number of carbonyl (C=O) groups is 2. The lowest BCUT2D eigenvalue weighted by atomic mass is 10.1. The lowest BCUT2D eigenvalue weighted by Gasteiger charge is -2.13. The second kappa shape index (κ2) is 9.69. The van der Waals surface area contributed by atoms with Crippen LogP contribution in [0.1, 0.15) is 39.4 Å². The number of esters is 2. The Morgan fingerprint density at radius 3 is 2.38 bits per heavy atom. The van der Waals surface area contributed by atoms with Gasteiger partial charge in [-0.2, -0.15) is 5.26 Å². The monoisotopic (exact) mass is 433 g/mol. The summed E-state index contributed by atoms with van der Waals surface area (Å²) in [6.07, 6.45) is 1.77. The lowest BCUT2D eigenvalue weighted by molar-refractivity contribution is -0.149. The topological polar surface area (TPSA) is 85.6 Å². The van der Waals surface area contributed by atoms with Crippen LogP contribution < -0.4 is 4.74 Å². The number of benzene rings is 2. The maximum atomic E-state index is 12.8. The zero-order chi connectivity index (χ0) is 23.3. The molecule has 0 heterocycles. The van der Waals surface area contributed by atoms with Gasteiger partial charge in [-0.15, -0.1) is 0 Å². The molecule has 3 rings (SSSR count). The smallest absolute Gasteiger partial charge is 0.330 e. The Labute approximate surface area is 188 Å². The largest absolute Gasteiger partial charge is 0.460 e. The lowest BCUT2D eigenvalue weighted by Crippen LogP contribution is -2.14. The van der Waals surface area contributed by atoms with Gasteiger partial charge >= 0.3 is 11.9 Å². The average Bonchev–Trinajstić information content (AvgIpc) is 3.31. The van der Waals surface area contributed by atoms with E-state index in [9.17, 15) is 14.9 Å². The van der Waals surface area contributed by atoms with Crippen LogP contribution in [0.5, 0.6) is 11.5 Å². The van der Waals surface area contributed by atoms with E-state index in [0.717, 1.165) is 0 Å². The Morgan fingerprint density at radius 1 is 1.03 bits per heavy atom. The standard InChI is InChI=1S/C26H27NO5/c1-17(2)30-23(28)14-13-21-24(26(21,3)4)25(29)32-22(16-27)18-9-8-12-20(15-18)31-19-10-6-5-7-11-19/h5-15,17,21-22,24H,1-4H3/t21?,22-,24?/m1/s1. The number of para-hydroxylation sites is 1. The molecular weight excluding hydrogens is 406 g/mol. The van der Waals surface area contributed by atoms with Gasteiger partial charge in [0.1, 0.15) is 17.6 Å². The molecule has 0 saturated heterocycles. The fraction of sp³-hybridized carbons (Fsp3) is 0.346. The minimum Gasteiger partial charge on any atom is -0.460 e. The first kappa shape index (κ1) is 23.1. The second-order valence-electron chi connectivity index (χ2n) is 8.60. The number of allylic oxidation sites excluding steroid dienone is 1. The summed E-state index contributed by atoms with van der Waals surface area (Å²) in [4.78, 5) is 24.6. The summed E-state index contributed by atoms with van der Waals surface area (Å²) >= 11 is 0. The predicted octanol–water partition coefficient (Wildman–Crippen LogP) is 5.37. The quantitative estimate of drug-likeness (QED) is 0.411. The third kappa shape index (κ3) is 5.55. The fourth-order valence-electron chi connectivity index (χ4n) is 3.66. The first-order chi connectivity index (χ1) is 15.2. The van der Waals surface area contributed by atoms with E-state index < -0.39 is 24.0 Å². The van der Waals surface area contributed by atoms with E-state index in [4.69, 9.17) is 14.2 Å². The van der Waals surface area contributed by atoms with E-state index in [2.05, 4.69) is 0 Å². The Hall–Kier alpha value is -3.59. The molecule has 32 heavy (non-hydrogen) atoms. The molecule has 166 valence electrons. The van der Waals surface area contributed by atoms with Gasteiger partial charge in [-0.1, -0.05) is 50.3 Å². The summed E-state index contributed by atoms with van der Waals surface area (Å²) in [6.45, 7) is 7.40. The van der Waals surface area contributed by atoms with Crippen molar-refractivity contribution in [2.45, 2.75) is 39.9 Å². The summed E-state index contributed by atoms with van der Waals surface area (Å²) in [6, 6.07) is 18.2. The molecule has 2 aromatic rings. The van der Waals surface area contributed by atoms with Crippen molar-refractivity contribution in [1.29, 1.82) is 5.26 Å². The van der Waals surface area contributed by atoms with Crippen LogP contribution in [0.2, 0.25) is 0 Å². The zero-order valence-electron chi connectivity index (χ0n) is 18.6. The predicted molar refractivity (Wildman–Crippen MR) is 119 cm³/mol. The van der Waals surface area contributed by atoms with Gasteiger partial charge < -0.3 is 14.2 Å². The Bertz CT molecular complexity index is 1040. The van der Waals surface area contributed by atoms with Gasteiger partial charge in [0.2, 0.25) is 6.10 Å². The molecule has 0 amide bonds. The normalized spacial score (nSPS) is 19.8. The molecule has 0 spiro atoms. The van der Waals surface area contributed by atoms with Crippen molar-refractivity contribution in [3.8, 4) is 17.6 Å². The Morgan fingerprint density at radius 2 is 1.72 bits per heavy atom. The molecule has 0 radical (unpaired) electrons. The minimum absolute atomic E-state index is 0.165. The molecule has 1 aliphatic rings. The highest BCUT2D eigenvalue weighted by atomic mass is 16.5. The van der Waals surface area contributed by atoms with E-state index in [1.165, 1.54) is 6.08 Å². The number of hydrogen-bond acceptors (Lipinski definition) is 6. The van der Waals surface area contributed by atoms with Crippen LogP contribution >= 0.6 is 0 Å². The van der Waals surface area contributed by atoms with Crippen LogP contribution in [-0.4, -0.2) is 18.0 Å². The number of nitrogens with zero attached hydrogens (tertiary/aromatic N) is 1. The highest BCUT2D eigenvalue weighted by Crippen LogP contribution is 2.59. The minimum atomic E-state index is -1.06. The van der Waals surface area contributed by atoms with Crippen molar-refractivity contribution in [3.05, 3.63) is 72.3 Å². The molecule has 0 aromatic heterocycles. The molecular formula is C26H27NO5. The Balaban J connectivity index is 1.66. The van der Waals surface area contributed by atoms with Crippen LogP contribution in [0.3, 0.4) is 0 Å². The van der Waals surface area contributed by atoms with Gasteiger partial charge in [-0.05, 0) is 49.4 Å². The SMILES string of the molecule is CC(C)OC(=O)C=CC1C(C(=O)O[C@H](C#N)c2cccc(Oc3ccccc3)c2)C1(C)C. The van der Waals surface area contributed by atoms with Crippen LogP contribution in [-0.2, 0) is 19.1 Å². The summed E-state index contributed by atoms with van der Waals surface area (Å²) in [7, 11) is 0. The number of hydrogen-bond donors (Lipinski definition) is 0. The third-order valence-corrected chi connectivity index (χ3v) is 5.45. The van der Waals surface area contributed by atoms with E-state index in [-0.39, 0.29) is 17.4 Å². The number of nitriles is 1. The van der Waals surface area contributed by atoms with Gasteiger partial charge in [0.15, 0.2) is 0 Å². The summed E-state index contributed by atoms with van der Waals surface area (Å²) in [5.41, 5.74) is 0.157. The van der Waals surface area contributed by atoms with Gasteiger partial charge in [0.05, 0.1) is 12.0 Å². The molecule has 2 aromatic carbocycles. The molecule has 6 heteroatoms. The first-order valence-corrected chi connectivity index (χ1v) is 10.5. The molecule has 0 aliphatic heterocycles. The summed E-state index contributed by atoms with van der Waals surface area (Å²) in [5, 5.41) is 9.62. The van der Waals surface area contributed by atoms with Crippen LogP contribution in [0, 0.1) is 28.6 Å². The molecule has 2 unspecified atom stereocenters. The number of ether oxygens (including phenoxy) is 3. The highest BCUT2D eigenvalue weighted by Gasteiger charge is 2.61. The maximum absolute atomic E-state index is 12.8. The fourth-order valence-corrected chi connectivity index (χ4v) is 3.66. The van der Waals surface area contributed by atoms with Crippen molar-refractivity contribution in [1.82, 2.24) is 0 Å². The first-order valence-electron chi connectivity index (χ1n) is 10.5. The molecule has 1 aliphatic carbocycles. The second-order valence-corrected chi connectivity index (χ2v) is 8.60. The van der Waals surface area contributed by atoms with Crippen LogP contribution in [0.4, 0.5) is 0 Å². The Kier molecular flexibility index (Phi) is 6.99. The van der Waals surface area contributed by atoms with Crippen molar-refractivity contribution >= 4 is 11.9 Å². The molecule has 1 fully saturated rings. The molecule has 0 N–H and O–H groups in total. The average molecular weight is 434 g/mol. The van der Waals surface area contributed by atoms with Crippen LogP contribution in [0.25, 0.3) is 0 Å². The summed E-state index contributed by atoms with van der Waals surface area (Å²) in [5.74, 6) is -0.309. The third-order valence-electron chi connectivity index (χ3n) is 5.45. The molecule has 3 atom stereocenters. The zero-order valence-corrected chi connectivity index (χ0v) is 18.6. The molecule has 1 saturated carbocycles. The van der Waals surface area contributed by atoms with Gasteiger partial charge in [0.25, 0.3) is 0 Å². The van der Waals surface area contributed by atoms with Gasteiger partial charge in [0, 0.05) is 11.6 Å². The maximum Gasteiger partial charge on any atom is 0.330 e. The number of carbonyl (C=O) groups excluding carboxylic acids is 2. The van der Waals surface area contributed by atoms with E-state index in [1.807, 2.05) is 50.2 Å². The van der Waals surface area contributed by atoms with Crippen molar-refractivity contribution in [3.63, 3.8) is 0 Å². The van der Waals surface area contributed by atoms with Crippen molar-refractivity contribution < 1.29 is 23.8 Å². The number of rotatable bonds is 8. The van der Waals surface area contributed by atoms with Gasteiger partial charge in [-0.25, -0.2) is 4.79 Å². The van der Waals surface area contributed by atoms with E-state index in [0.29, 0.717) is 17.1 Å². The van der Waals surface area contributed by atoms with Crippen molar-refractivity contribution in [2.24, 2.45) is 17.3 Å².